The van der Waals surface area contributed by atoms with Crippen molar-refractivity contribution in [3.05, 3.63) is 42.0 Å². The third kappa shape index (κ3) is 6.57. The molecule has 1 saturated heterocycles. The standard InChI is InChI=1S/C21H30N2O8/c1-11(2)20(29)23-14-6-4-13(5-7-14)8-21(30)9-15(26)17(22-12(3)25)19(31-21)18(28)16(27)10-24/h4-7,15-19,24,26-28,30H,1,8-10H2,2-3H3,(H,22,25)(H,23,29)/t15-,16+,17+,18+,19+,21+/m0/s1. The Morgan fingerprint density at radius 2 is 1.87 bits per heavy atom. The lowest BCUT2D eigenvalue weighted by molar-refractivity contribution is -0.300. The lowest BCUT2D eigenvalue weighted by Crippen LogP contribution is -2.66. The van der Waals surface area contributed by atoms with Crippen molar-refractivity contribution in [2.75, 3.05) is 11.9 Å². The molecule has 0 spiro atoms. The van der Waals surface area contributed by atoms with Gasteiger partial charge in [0.1, 0.15) is 18.3 Å². The first-order valence-corrected chi connectivity index (χ1v) is 9.84. The average molecular weight is 438 g/mol. The summed E-state index contributed by atoms with van der Waals surface area (Å²) in [6.07, 6.45) is -6.31. The molecule has 10 heteroatoms. The molecule has 1 aromatic rings. The number of carbonyl (C=O) groups excluding carboxylic acids is 2. The van der Waals surface area contributed by atoms with E-state index in [9.17, 15) is 30.0 Å². The highest BCUT2D eigenvalue weighted by Crippen LogP contribution is 2.33. The average Bonchev–Trinajstić information content (AvgIpc) is 2.69. The van der Waals surface area contributed by atoms with Crippen LogP contribution in [-0.4, -0.2) is 80.2 Å². The number of anilines is 1. The number of hydrogen-bond acceptors (Lipinski definition) is 8. The highest BCUT2D eigenvalue weighted by Gasteiger charge is 2.49. The quantitative estimate of drug-likeness (QED) is 0.248. The van der Waals surface area contributed by atoms with Crippen LogP contribution in [0.25, 0.3) is 0 Å². The number of ether oxygens (including phenoxy) is 1. The van der Waals surface area contributed by atoms with E-state index < -0.39 is 48.8 Å². The molecule has 1 aliphatic heterocycles. The highest BCUT2D eigenvalue weighted by atomic mass is 16.6. The second-order valence-electron chi connectivity index (χ2n) is 7.88. The second kappa shape index (κ2) is 10.3. The maximum atomic E-state index is 11.7. The zero-order chi connectivity index (χ0) is 23.3. The Labute approximate surface area is 180 Å². The highest BCUT2D eigenvalue weighted by molar-refractivity contribution is 6.02. The van der Waals surface area contributed by atoms with E-state index in [0.717, 1.165) is 0 Å². The summed E-state index contributed by atoms with van der Waals surface area (Å²) >= 11 is 0. The zero-order valence-corrected chi connectivity index (χ0v) is 17.5. The molecule has 0 bridgehead atoms. The topological polar surface area (TPSA) is 169 Å². The van der Waals surface area contributed by atoms with Crippen LogP contribution < -0.4 is 10.6 Å². The van der Waals surface area contributed by atoms with Crippen LogP contribution in [0.1, 0.15) is 25.8 Å². The predicted molar refractivity (Wildman–Crippen MR) is 111 cm³/mol. The number of amides is 2. The van der Waals surface area contributed by atoms with Crippen molar-refractivity contribution >= 4 is 17.5 Å². The van der Waals surface area contributed by atoms with E-state index in [-0.39, 0.29) is 18.7 Å². The summed E-state index contributed by atoms with van der Waals surface area (Å²) in [5, 5.41) is 55.9. The minimum atomic E-state index is -1.92. The van der Waals surface area contributed by atoms with E-state index in [4.69, 9.17) is 9.84 Å². The van der Waals surface area contributed by atoms with Gasteiger partial charge in [-0.15, -0.1) is 0 Å². The molecule has 6 atom stereocenters. The molecule has 1 fully saturated rings. The number of rotatable bonds is 8. The molecule has 1 aromatic carbocycles. The summed E-state index contributed by atoms with van der Waals surface area (Å²) in [4.78, 5) is 23.2. The van der Waals surface area contributed by atoms with Gasteiger partial charge in [-0.1, -0.05) is 18.7 Å². The molecule has 0 aromatic heterocycles. The summed E-state index contributed by atoms with van der Waals surface area (Å²) in [5.41, 5.74) is 1.49. The van der Waals surface area contributed by atoms with Crippen LogP contribution in [-0.2, 0) is 20.7 Å². The Morgan fingerprint density at radius 1 is 1.26 bits per heavy atom. The molecule has 2 amide bonds. The molecule has 31 heavy (non-hydrogen) atoms. The molecule has 2 rings (SSSR count). The maximum Gasteiger partial charge on any atom is 0.250 e. The second-order valence-corrected chi connectivity index (χ2v) is 7.88. The van der Waals surface area contributed by atoms with Crippen molar-refractivity contribution in [3.8, 4) is 0 Å². The number of nitrogens with one attached hydrogen (secondary N) is 2. The Morgan fingerprint density at radius 3 is 2.39 bits per heavy atom. The smallest absolute Gasteiger partial charge is 0.250 e. The summed E-state index contributed by atoms with van der Waals surface area (Å²) < 4.78 is 5.65. The fourth-order valence-electron chi connectivity index (χ4n) is 3.45. The Hall–Kier alpha value is -2.34. The first-order valence-electron chi connectivity index (χ1n) is 9.84. The Bertz CT molecular complexity index is 799. The van der Waals surface area contributed by atoms with Gasteiger partial charge in [0.2, 0.25) is 5.91 Å². The molecular weight excluding hydrogens is 408 g/mol. The summed E-state index contributed by atoms with van der Waals surface area (Å²) in [6, 6.07) is 5.45. The molecular formula is C21H30N2O8. The van der Waals surface area contributed by atoms with Gasteiger partial charge in [0.05, 0.1) is 18.8 Å². The van der Waals surface area contributed by atoms with Gasteiger partial charge >= 0.3 is 0 Å². The number of hydrogen-bond donors (Lipinski definition) is 7. The van der Waals surface area contributed by atoms with Crippen LogP contribution in [0.3, 0.4) is 0 Å². The van der Waals surface area contributed by atoms with E-state index in [0.29, 0.717) is 16.8 Å². The van der Waals surface area contributed by atoms with Gasteiger partial charge in [-0.3, -0.25) is 9.59 Å². The fourth-order valence-corrected chi connectivity index (χ4v) is 3.45. The minimum absolute atomic E-state index is 0.0794. The Kier molecular flexibility index (Phi) is 8.29. The normalized spacial score (nSPS) is 27.8. The van der Waals surface area contributed by atoms with Crippen LogP contribution in [0.2, 0.25) is 0 Å². The third-order valence-corrected chi connectivity index (χ3v) is 5.02. The van der Waals surface area contributed by atoms with Gasteiger partial charge in [-0.25, -0.2) is 0 Å². The number of carbonyl (C=O) groups is 2. The molecule has 0 radical (unpaired) electrons. The van der Waals surface area contributed by atoms with Crippen LogP contribution in [0.4, 0.5) is 5.69 Å². The monoisotopic (exact) mass is 438 g/mol. The molecule has 0 unspecified atom stereocenters. The van der Waals surface area contributed by atoms with E-state index in [2.05, 4.69) is 17.2 Å². The number of aliphatic hydroxyl groups excluding tert-OH is 4. The van der Waals surface area contributed by atoms with E-state index in [1.54, 1.807) is 31.2 Å². The van der Waals surface area contributed by atoms with Crippen molar-refractivity contribution in [1.29, 1.82) is 0 Å². The first kappa shape index (κ1) is 24.9. The van der Waals surface area contributed by atoms with Crippen molar-refractivity contribution in [1.82, 2.24) is 5.32 Å². The number of benzene rings is 1. The third-order valence-electron chi connectivity index (χ3n) is 5.02. The van der Waals surface area contributed by atoms with Crippen molar-refractivity contribution in [2.24, 2.45) is 0 Å². The van der Waals surface area contributed by atoms with E-state index in [1.165, 1.54) is 6.92 Å². The van der Waals surface area contributed by atoms with Crippen molar-refractivity contribution in [3.63, 3.8) is 0 Å². The lowest BCUT2D eigenvalue weighted by atomic mass is 9.86. The molecule has 172 valence electrons. The Balaban J connectivity index is 2.19. The molecule has 10 nitrogen and oxygen atoms in total. The van der Waals surface area contributed by atoms with Gasteiger partial charge in [0, 0.05) is 31.0 Å². The maximum absolute atomic E-state index is 11.7. The van der Waals surface area contributed by atoms with Gasteiger partial charge in [0.15, 0.2) is 5.79 Å². The largest absolute Gasteiger partial charge is 0.394 e. The molecule has 0 aliphatic carbocycles. The SMILES string of the molecule is C=C(C)C(=O)Nc1ccc(C[C@]2(O)C[C@H](O)[C@@H](NC(C)=O)[C@H]([C@H](O)[C@H](O)CO)O2)cc1. The summed E-state index contributed by atoms with van der Waals surface area (Å²) in [6.45, 7) is 5.58. The van der Waals surface area contributed by atoms with Gasteiger partial charge in [-0.05, 0) is 24.6 Å². The van der Waals surface area contributed by atoms with Crippen molar-refractivity contribution < 1.29 is 39.9 Å². The van der Waals surface area contributed by atoms with Crippen LogP contribution in [0.5, 0.6) is 0 Å². The zero-order valence-electron chi connectivity index (χ0n) is 17.5. The molecule has 1 heterocycles. The molecule has 0 saturated carbocycles. The fraction of sp³-hybridized carbons (Fsp3) is 0.524. The van der Waals surface area contributed by atoms with Gasteiger partial charge in [-0.2, -0.15) is 0 Å². The lowest BCUT2D eigenvalue weighted by Gasteiger charge is -2.46. The first-order chi connectivity index (χ1) is 14.5. The van der Waals surface area contributed by atoms with Crippen molar-refractivity contribution in [2.45, 2.75) is 62.9 Å². The number of aliphatic hydroxyl groups is 5. The van der Waals surface area contributed by atoms with Crippen LogP contribution >= 0.6 is 0 Å². The molecule has 7 N–H and O–H groups in total. The van der Waals surface area contributed by atoms with Crippen LogP contribution in [0.15, 0.2) is 36.4 Å². The molecule has 1 aliphatic rings. The minimum Gasteiger partial charge on any atom is -0.394 e. The van der Waals surface area contributed by atoms with Crippen LogP contribution in [0, 0.1) is 0 Å². The van der Waals surface area contributed by atoms with Gasteiger partial charge < -0.3 is 40.9 Å². The summed E-state index contributed by atoms with van der Waals surface area (Å²) in [7, 11) is 0. The summed E-state index contributed by atoms with van der Waals surface area (Å²) in [5.74, 6) is -2.74. The van der Waals surface area contributed by atoms with Gasteiger partial charge in [0.25, 0.3) is 5.91 Å². The predicted octanol–water partition coefficient (Wildman–Crippen LogP) is -1.20. The van der Waals surface area contributed by atoms with E-state index >= 15 is 0 Å². The van der Waals surface area contributed by atoms with E-state index in [1.807, 2.05) is 0 Å².